The molecule has 0 heterocycles. The Bertz CT molecular complexity index is 1510. The molecule has 48 heavy (non-hydrogen) atoms. The van der Waals surface area contributed by atoms with Gasteiger partial charge in [0.2, 0.25) is 0 Å². The average Bonchev–Trinajstić information content (AvgIpc) is 3.08. The van der Waals surface area contributed by atoms with Crippen molar-refractivity contribution < 1.29 is 34.0 Å². The van der Waals surface area contributed by atoms with E-state index in [4.69, 9.17) is 14.2 Å². The molecule has 0 aliphatic rings. The van der Waals surface area contributed by atoms with Gasteiger partial charge in [-0.15, -0.1) is 0 Å². The number of benzene rings is 3. The third-order valence-electron chi connectivity index (χ3n) is 8.48. The van der Waals surface area contributed by atoms with Gasteiger partial charge in [-0.25, -0.2) is 9.59 Å². The van der Waals surface area contributed by atoms with E-state index in [0.717, 1.165) is 40.0 Å². The number of aryl methyl sites for hydroxylation is 4. The molecular weight excluding hydrogens is 604 g/mol. The average molecular weight is 657 g/mol. The second-order valence-corrected chi connectivity index (χ2v) is 13.0. The lowest BCUT2D eigenvalue weighted by Crippen LogP contribution is -2.28. The van der Waals surface area contributed by atoms with Gasteiger partial charge in [-0.2, -0.15) is 0 Å². The molecule has 0 saturated heterocycles. The van der Waals surface area contributed by atoms with Gasteiger partial charge in [0.05, 0.1) is 33.0 Å². The number of hydrogen-bond acceptors (Lipinski definition) is 7. The van der Waals surface area contributed by atoms with Crippen molar-refractivity contribution in [1.82, 2.24) is 0 Å². The molecule has 0 radical (unpaired) electrons. The maximum atomic E-state index is 12.0. The number of hydrogen-bond donors (Lipinski definition) is 2. The van der Waals surface area contributed by atoms with Crippen molar-refractivity contribution >= 4 is 11.9 Å². The van der Waals surface area contributed by atoms with E-state index >= 15 is 0 Å². The van der Waals surface area contributed by atoms with Crippen LogP contribution in [0.1, 0.15) is 69.2 Å². The molecule has 0 saturated carbocycles. The summed E-state index contributed by atoms with van der Waals surface area (Å²) in [6.45, 7) is 17.1. The van der Waals surface area contributed by atoms with Crippen LogP contribution in [0.25, 0.3) is 22.3 Å². The fourth-order valence-electron chi connectivity index (χ4n) is 5.27. The van der Waals surface area contributed by atoms with Gasteiger partial charge in [-0.1, -0.05) is 75.0 Å². The molecule has 7 nitrogen and oxygen atoms in total. The Balaban J connectivity index is 2.05. The van der Waals surface area contributed by atoms with E-state index < -0.39 is 17.4 Å². The molecule has 0 amide bonds. The number of aliphatic hydroxyl groups is 2. The highest BCUT2D eigenvalue weighted by Crippen LogP contribution is 2.37. The Morgan fingerprint density at radius 3 is 1.71 bits per heavy atom. The van der Waals surface area contributed by atoms with E-state index in [9.17, 15) is 19.8 Å². The van der Waals surface area contributed by atoms with Gasteiger partial charge in [0, 0.05) is 16.6 Å². The minimum atomic E-state index is -0.678. The number of ether oxygens (including phenoxy) is 3. The molecule has 0 aliphatic heterocycles. The third kappa shape index (κ3) is 10.9. The van der Waals surface area contributed by atoms with Crippen LogP contribution in [0.4, 0.5) is 0 Å². The summed E-state index contributed by atoms with van der Waals surface area (Å²) in [5.41, 5.74) is 8.89. The van der Waals surface area contributed by atoms with E-state index in [0.29, 0.717) is 43.3 Å². The molecule has 0 aliphatic carbocycles. The van der Waals surface area contributed by atoms with Crippen molar-refractivity contribution in [3.05, 3.63) is 101 Å². The second-order valence-electron chi connectivity index (χ2n) is 13.0. The van der Waals surface area contributed by atoms with Gasteiger partial charge in [-0.05, 0) is 110 Å². The lowest BCUT2D eigenvalue weighted by Gasteiger charge is -2.26. The summed E-state index contributed by atoms with van der Waals surface area (Å²) in [4.78, 5) is 24.1. The summed E-state index contributed by atoms with van der Waals surface area (Å²) in [6.07, 6.45) is 3.62. The summed E-state index contributed by atoms with van der Waals surface area (Å²) < 4.78 is 17.3. The van der Waals surface area contributed by atoms with Crippen molar-refractivity contribution in [2.24, 2.45) is 5.41 Å². The number of carbonyl (C=O) groups excluding carboxylic acids is 2. The molecule has 0 fully saturated rings. The highest BCUT2D eigenvalue weighted by molar-refractivity contribution is 5.87. The quantitative estimate of drug-likeness (QED) is 0.0773. The van der Waals surface area contributed by atoms with Gasteiger partial charge >= 0.3 is 11.9 Å². The normalized spacial score (nSPS) is 11.2. The fourth-order valence-corrected chi connectivity index (χ4v) is 5.27. The van der Waals surface area contributed by atoms with Gasteiger partial charge in [0.1, 0.15) is 5.75 Å². The van der Waals surface area contributed by atoms with Crippen LogP contribution < -0.4 is 4.74 Å². The van der Waals surface area contributed by atoms with E-state index in [1.54, 1.807) is 13.8 Å². The molecule has 0 bridgehead atoms. The van der Waals surface area contributed by atoms with Crippen LogP contribution in [0.3, 0.4) is 0 Å². The first-order valence-electron chi connectivity index (χ1n) is 16.8. The molecule has 3 rings (SSSR count). The number of carbonyl (C=O) groups is 2. The zero-order valence-electron chi connectivity index (χ0n) is 29.3. The van der Waals surface area contributed by atoms with Crippen molar-refractivity contribution in [2.45, 2.75) is 73.1 Å². The Morgan fingerprint density at radius 1 is 0.729 bits per heavy atom. The van der Waals surface area contributed by atoms with Crippen molar-refractivity contribution in [3.8, 4) is 28.0 Å². The standard InChI is InChI=1S/C41H52O7/c1-8-31-23-33(32-15-13-30(6)14-16-32)17-18-37(31)36-24-34(11-9-20-47-39(44)28(2)3)38(46-22-19-41(7,26-42)27-43)35(25-36)12-10-21-48-40(45)29(4)5/h13-18,23-25,42-43H,2,4,8-12,19-22,26-27H2,1,3,5-7H3. The van der Waals surface area contributed by atoms with E-state index in [1.807, 2.05) is 6.92 Å². The maximum absolute atomic E-state index is 12.0. The molecule has 0 atom stereocenters. The summed E-state index contributed by atoms with van der Waals surface area (Å²) >= 11 is 0. The zero-order chi connectivity index (χ0) is 35.3. The van der Waals surface area contributed by atoms with Crippen molar-refractivity contribution in [1.29, 1.82) is 0 Å². The fraction of sp³-hybridized carbons (Fsp3) is 0.415. The molecular formula is C41H52O7. The van der Waals surface area contributed by atoms with Gasteiger partial charge < -0.3 is 24.4 Å². The van der Waals surface area contributed by atoms with Crippen LogP contribution >= 0.6 is 0 Å². The lowest BCUT2D eigenvalue weighted by molar-refractivity contribution is -0.139. The Morgan fingerprint density at radius 2 is 1.23 bits per heavy atom. The molecule has 258 valence electrons. The van der Waals surface area contributed by atoms with Gasteiger partial charge in [-0.3, -0.25) is 0 Å². The SMILES string of the molecule is C=C(C)C(=O)OCCCc1cc(-c2ccc(-c3ccc(C)cc3)cc2CC)cc(CCCOC(=O)C(=C)C)c1OCCC(C)(CO)CO. The van der Waals surface area contributed by atoms with Crippen LogP contribution in [0, 0.1) is 12.3 Å². The van der Waals surface area contributed by atoms with Gasteiger partial charge in [0.15, 0.2) is 0 Å². The van der Waals surface area contributed by atoms with E-state index in [1.165, 1.54) is 16.7 Å². The van der Waals surface area contributed by atoms with Crippen molar-refractivity contribution in [2.75, 3.05) is 33.0 Å². The van der Waals surface area contributed by atoms with Crippen molar-refractivity contribution in [3.63, 3.8) is 0 Å². The van der Waals surface area contributed by atoms with Crippen LogP contribution in [-0.4, -0.2) is 55.2 Å². The molecule has 0 spiro atoms. The molecule has 2 N–H and O–H groups in total. The molecule has 0 aromatic heterocycles. The molecule has 0 unspecified atom stereocenters. The smallest absolute Gasteiger partial charge is 0.333 e. The Labute approximate surface area is 286 Å². The summed E-state index contributed by atoms with van der Waals surface area (Å²) in [7, 11) is 0. The first-order valence-corrected chi connectivity index (χ1v) is 16.8. The monoisotopic (exact) mass is 656 g/mol. The summed E-state index contributed by atoms with van der Waals surface area (Å²) in [5.74, 6) is -0.110. The number of rotatable bonds is 19. The van der Waals surface area contributed by atoms with E-state index in [-0.39, 0.29) is 33.0 Å². The highest BCUT2D eigenvalue weighted by Gasteiger charge is 2.23. The van der Waals surface area contributed by atoms with Crippen LogP contribution in [0.2, 0.25) is 0 Å². The van der Waals surface area contributed by atoms with E-state index in [2.05, 4.69) is 81.6 Å². The first kappa shape index (κ1) is 38.2. The second kappa shape index (κ2) is 18.4. The minimum absolute atomic E-state index is 0.161. The molecule has 7 heteroatoms. The minimum Gasteiger partial charge on any atom is -0.493 e. The zero-order valence-corrected chi connectivity index (χ0v) is 29.3. The third-order valence-corrected chi connectivity index (χ3v) is 8.48. The summed E-state index contributed by atoms with van der Waals surface area (Å²) in [5, 5.41) is 19.7. The summed E-state index contributed by atoms with van der Waals surface area (Å²) in [6, 6.07) is 19.4. The highest BCUT2D eigenvalue weighted by atomic mass is 16.5. The predicted molar refractivity (Wildman–Crippen MR) is 192 cm³/mol. The largest absolute Gasteiger partial charge is 0.493 e. The molecule has 3 aromatic carbocycles. The molecule has 3 aromatic rings. The topological polar surface area (TPSA) is 102 Å². The first-order chi connectivity index (χ1) is 22.9. The number of aliphatic hydroxyl groups excluding tert-OH is 2. The van der Waals surface area contributed by atoms with Crippen LogP contribution in [0.15, 0.2) is 78.9 Å². The lowest BCUT2D eigenvalue weighted by atomic mass is 9.89. The van der Waals surface area contributed by atoms with Crippen LogP contribution in [-0.2, 0) is 38.3 Å². The maximum Gasteiger partial charge on any atom is 0.333 e. The van der Waals surface area contributed by atoms with Gasteiger partial charge in [0.25, 0.3) is 0 Å². The number of esters is 2. The predicted octanol–water partition coefficient (Wildman–Crippen LogP) is 7.76. The van der Waals surface area contributed by atoms with Crippen LogP contribution in [0.5, 0.6) is 5.75 Å². The Hall–Kier alpha value is -4.20. The Kier molecular flexibility index (Phi) is 14.6.